The van der Waals surface area contributed by atoms with Gasteiger partial charge in [0, 0.05) is 32.3 Å². The standard InChI is InChI=1S/C18H24FN3O/c1-5-22(12-15-7-6-8-16(19)11-15)18(23)10-9-17-13(2)20-21(4)14(17)3/h6-8,11H,5,9-10,12H2,1-4H3. The molecule has 0 bridgehead atoms. The Kier molecular flexibility index (Phi) is 5.53. The van der Waals surface area contributed by atoms with Gasteiger partial charge in [-0.25, -0.2) is 4.39 Å². The third kappa shape index (κ3) is 4.18. The molecular weight excluding hydrogens is 293 g/mol. The second-order valence-electron chi connectivity index (χ2n) is 5.81. The molecule has 0 saturated carbocycles. The van der Waals surface area contributed by atoms with Crippen LogP contribution in [-0.4, -0.2) is 27.1 Å². The van der Waals surface area contributed by atoms with Crippen molar-refractivity contribution in [1.29, 1.82) is 0 Å². The molecule has 0 spiro atoms. The van der Waals surface area contributed by atoms with Gasteiger partial charge < -0.3 is 4.90 Å². The van der Waals surface area contributed by atoms with Crippen LogP contribution in [0.25, 0.3) is 0 Å². The summed E-state index contributed by atoms with van der Waals surface area (Å²) < 4.78 is 15.1. The highest BCUT2D eigenvalue weighted by atomic mass is 19.1. The second-order valence-corrected chi connectivity index (χ2v) is 5.81. The zero-order valence-electron chi connectivity index (χ0n) is 14.3. The number of aryl methyl sites for hydroxylation is 2. The summed E-state index contributed by atoms with van der Waals surface area (Å²) in [5.74, 6) is -0.188. The quantitative estimate of drug-likeness (QED) is 0.821. The SMILES string of the molecule is CCN(Cc1cccc(F)c1)C(=O)CCc1c(C)nn(C)c1C. The first-order valence-electron chi connectivity index (χ1n) is 7.93. The Labute approximate surface area is 136 Å². The lowest BCUT2D eigenvalue weighted by atomic mass is 10.1. The van der Waals surface area contributed by atoms with Gasteiger partial charge in [0.05, 0.1) is 5.69 Å². The molecule has 0 radical (unpaired) electrons. The highest BCUT2D eigenvalue weighted by Gasteiger charge is 2.15. The molecule has 1 aromatic carbocycles. The smallest absolute Gasteiger partial charge is 0.223 e. The average molecular weight is 317 g/mol. The van der Waals surface area contributed by atoms with Crippen LogP contribution in [0, 0.1) is 19.7 Å². The van der Waals surface area contributed by atoms with Gasteiger partial charge in [-0.15, -0.1) is 0 Å². The van der Waals surface area contributed by atoms with Crippen LogP contribution in [0.15, 0.2) is 24.3 Å². The lowest BCUT2D eigenvalue weighted by molar-refractivity contribution is -0.131. The molecule has 0 aliphatic carbocycles. The molecule has 0 aliphatic rings. The van der Waals surface area contributed by atoms with Gasteiger partial charge in [-0.3, -0.25) is 9.48 Å². The van der Waals surface area contributed by atoms with Crippen LogP contribution in [0.5, 0.6) is 0 Å². The number of carbonyl (C=O) groups excluding carboxylic acids is 1. The van der Waals surface area contributed by atoms with E-state index in [0.29, 0.717) is 25.9 Å². The van der Waals surface area contributed by atoms with Crippen molar-refractivity contribution in [2.24, 2.45) is 7.05 Å². The van der Waals surface area contributed by atoms with E-state index in [1.165, 1.54) is 12.1 Å². The summed E-state index contributed by atoms with van der Waals surface area (Å²) in [4.78, 5) is 14.2. The molecule has 1 heterocycles. The summed E-state index contributed by atoms with van der Waals surface area (Å²) in [6.45, 7) is 6.98. The van der Waals surface area contributed by atoms with Gasteiger partial charge in [-0.2, -0.15) is 5.10 Å². The van der Waals surface area contributed by atoms with E-state index in [9.17, 15) is 9.18 Å². The number of carbonyl (C=O) groups is 1. The van der Waals surface area contributed by atoms with Crippen molar-refractivity contribution in [1.82, 2.24) is 14.7 Å². The molecule has 0 unspecified atom stereocenters. The van der Waals surface area contributed by atoms with Gasteiger partial charge in [0.2, 0.25) is 5.91 Å². The van der Waals surface area contributed by atoms with Crippen molar-refractivity contribution < 1.29 is 9.18 Å². The Morgan fingerprint density at radius 2 is 2.09 bits per heavy atom. The molecule has 1 aromatic heterocycles. The van der Waals surface area contributed by atoms with Crippen molar-refractivity contribution in [2.45, 2.75) is 40.2 Å². The van der Waals surface area contributed by atoms with Crippen LogP contribution in [0.4, 0.5) is 4.39 Å². The molecule has 23 heavy (non-hydrogen) atoms. The maximum absolute atomic E-state index is 13.3. The van der Waals surface area contributed by atoms with Gasteiger partial charge in [-0.05, 0) is 50.5 Å². The average Bonchev–Trinajstić information content (AvgIpc) is 2.75. The van der Waals surface area contributed by atoms with Gasteiger partial charge in [0.15, 0.2) is 0 Å². The van der Waals surface area contributed by atoms with Gasteiger partial charge >= 0.3 is 0 Å². The molecule has 2 rings (SSSR count). The lowest BCUT2D eigenvalue weighted by Crippen LogP contribution is -2.30. The minimum atomic E-state index is -0.271. The fourth-order valence-electron chi connectivity index (χ4n) is 2.80. The second kappa shape index (κ2) is 7.40. The van der Waals surface area contributed by atoms with Crippen LogP contribution in [0.1, 0.15) is 35.9 Å². The van der Waals surface area contributed by atoms with E-state index >= 15 is 0 Å². The van der Waals surface area contributed by atoms with E-state index in [4.69, 9.17) is 0 Å². The fraction of sp³-hybridized carbons (Fsp3) is 0.444. The van der Waals surface area contributed by atoms with Crippen LogP contribution in [-0.2, 0) is 24.8 Å². The van der Waals surface area contributed by atoms with E-state index in [-0.39, 0.29) is 11.7 Å². The molecule has 5 heteroatoms. The first kappa shape index (κ1) is 17.2. The third-order valence-corrected chi connectivity index (χ3v) is 4.24. The molecule has 124 valence electrons. The Morgan fingerprint density at radius 1 is 1.35 bits per heavy atom. The molecule has 0 atom stereocenters. The van der Waals surface area contributed by atoms with Crippen LogP contribution in [0.2, 0.25) is 0 Å². The topological polar surface area (TPSA) is 38.1 Å². The third-order valence-electron chi connectivity index (χ3n) is 4.24. The number of hydrogen-bond acceptors (Lipinski definition) is 2. The summed E-state index contributed by atoms with van der Waals surface area (Å²) in [7, 11) is 1.91. The van der Waals surface area contributed by atoms with Gasteiger partial charge in [-0.1, -0.05) is 12.1 Å². The Hall–Kier alpha value is -2.17. The lowest BCUT2D eigenvalue weighted by Gasteiger charge is -2.21. The van der Waals surface area contributed by atoms with E-state index < -0.39 is 0 Å². The molecule has 0 aliphatic heterocycles. The number of aromatic nitrogens is 2. The highest BCUT2D eigenvalue weighted by Crippen LogP contribution is 2.15. The number of amides is 1. The van der Waals surface area contributed by atoms with Crippen LogP contribution in [0.3, 0.4) is 0 Å². The summed E-state index contributed by atoms with van der Waals surface area (Å²) in [6.07, 6.45) is 1.13. The Bertz CT molecular complexity index is 694. The molecule has 4 nitrogen and oxygen atoms in total. The van der Waals surface area contributed by atoms with E-state index in [2.05, 4.69) is 5.10 Å². The summed E-state index contributed by atoms with van der Waals surface area (Å²) in [6, 6.07) is 6.40. The predicted octanol–water partition coefficient (Wildman–Crippen LogP) is 3.16. The molecule has 2 aromatic rings. The first-order valence-corrected chi connectivity index (χ1v) is 7.93. The van der Waals surface area contributed by atoms with Crippen LogP contribution >= 0.6 is 0 Å². The first-order chi connectivity index (χ1) is 10.9. The van der Waals surface area contributed by atoms with Crippen molar-refractivity contribution in [3.63, 3.8) is 0 Å². The normalized spacial score (nSPS) is 10.8. The summed E-state index contributed by atoms with van der Waals surface area (Å²) in [5, 5.41) is 4.38. The largest absolute Gasteiger partial charge is 0.339 e. The molecular formula is C18H24FN3O. The minimum Gasteiger partial charge on any atom is -0.339 e. The summed E-state index contributed by atoms with van der Waals surface area (Å²) in [5.41, 5.74) is 4.03. The number of benzene rings is 1. The zero-order valence-corrected chi connectivity index (χ0v) is 14.3. The van der Waals surface area contributed by atoms with E-state index in [0.717, 1.165) is 22.5 Å². The maximum atomic E-state index is 13.3. The van der Waals surface area contributed by atoms with Crippen molar-refractivity contribution in [3.8, 4) is 0 Å². The van der Waals surface area contributed by atoms with E-state index in [1.54, 1.807) is 11.0 Å². The molecule has 0 fully saturated rings. The molecule has 1 amide bonds. The monoisotopic (exact) mass is 317 g/mol. The number of nitrogens with zero attached hydrogens (tertiary/aromatic N) is 3. The Balaban J connectivity index is 2.00. The van der Waals surface area contributed by atoms with Gasteiger partial charge in [0.1, 0.15) is 5.82 Å². The van der Waals surface area contributed by atoms with E-state index in [1.807, 2.05) is 38.6 Å². The van der Waals surface area contributed by atoms with Crippen molar-refractivity contribution >= 4 is 5.91 Å². The minimum absolute atomic E-state index is 0.0828. The van der Waals surface area contributed by atoms with Crippen molar-refractivity contribution in [3.05, 3.63) is 52.6 Å². The van der Waals surface area contributed by atoms with Crippen LogP contribution < -0.4 is 0 Å². The zero-order chi connectivity index (χ0) is 17.0. The fourth-order valence-corrected chi connectivity index (χ4v) is 2.80. The highest BCUT2D eigenvalue weighted by molar-refractivity contribution is 5.76. The summed E-state index contributed by atoms with van der Waals surface area (Å²) >= 11 is 0. The predicted molar refractivity (Wildman–Crippen MR) is 88.5 cm³/mol. The number of halogens is 1. The number of rotatable bonds is 6. The molecule has 0 N–H and O–H groups in total. The Morgan fingerprint density at radius 3 is 2.65 bits per heavy atom. The van der Waals surface area contributed by atoms with Gasteiger partial charge in [0.25, 0.3) is 0 Å². The number of hydrogen-bond donors (Lipinski definition) is 0. The molecule has 0 saturated heterocycles. The maximum Gasteiger partial charge on any atom is 0.223 e. The van der Waals surface area contributed by atoms with Crippen molar-refractivity contribution in [2.75, 3.05) is 6.54 Å².